The molecule has 11 aromatic rings. The number of benzene rings is 6. The summed E-state index contributed by atoms with van der Waals surface area (Å²) in [7, 11) is -6.92. The van der Waals surface area contributed by atoms with Crippen LogP contribution in [0.3, 0.4) is 0 Å². The molecule has 0 atom stereocenters. The van der Waals surface area contributed by atoms with E-state index in [-0.39, 0.29) is 63.9 Å². The van der Waals surface area contributed by atoms with Gasteiger partial charge in [-0.3, -0.25) is 23.9 Å². The van der Waals surface area contributed by atoms with Gasteiger partial charge in [-0.2, -0.15) is 0 Å². The Hall–Kier alpha value is -9.01. The number of halogens is 9. The average Bonchev–Trinajstić information content (AvgIpc) is 1.73. The van der Waals surface area contributed by atoms with Crippen LogP contribution in [0.5, 0.6) is 0 Å². The standard InChI is InChI=1S/C23H18ClF2N3O3S.C23H20F3N5O2S2.C17H15BrClFN4O3/c1-2-9-33(31,32)29-19-8-7-18(25)20(21(19)26)22(30)17-12-28-23-16(17)10-14(11-27-23)13-3-5-15(24)6-4-13;1-23(2,3)21-30-18(19(34-21)16-10-11-28-22(27)29-16)12-6-4-9-15(17(12)26)31-35(32,33)20-13(24)7-5-8-14(20)25;1-24-8-21-16-13(24)7-10(17(26)23-27-5-4-25)15(14(16)20)22-12-3-2-9(18)6-11(12)19/h3-8,10-12,29H,2,9H2,1H3,(H,27,28);4-11,31H,1-3H3,(H2,27,28,29);2-3,6-8,22,25H,4-5H2,1H3,(H,23,26). The molecule has 5 aromatic heterocycles. The lowest BCUT2D eigenvalue weighted by atomic mass is 9.98. The molecule has 1 amide bonds. The number of amides is 1. The molecule has 0 saturated carbocycles. The van der Waals surface area contributed by atoms with Crippen LogP contribution < -0.4 is 26.0 Å². The monoisotopic (exact) mass is 1460 g/mol. The van der Waals surface area contributed by atoms with E-state index in [1.807, 2.05) is 25.5 Å². The van der Waals surface area contributed by atoms with Crippen LogP contribution in [0.1, 0.15) is 65.4 Å². The highest BCUT2D eigenvalue weighted by Crippen LogP contribution is 2.43. The van der Waals surface area contributed by atoms with Crippen LogP contribution in [0.25, 0.3) is 55.0 Å². The molecule has 0 bridgehead atoms. The summed E-state index contributed by atoms with van der Waals surface area (Å²) in [4.78, 5) is 53.7. The van der Waals surface area contributed by atoms with Gasteiger partial charge in [0.2, 0.25) is 21.8 Å². The zero-order chi connectivity index (χ0) is 68.8. The maximum absolute atomic E-state index is 15.7. The molecule has 0 aliphatic carbocycles. The second-order valence-electron chi connectivity index (χ2n) is 21.5. The molecule has 11 rings (SSSR count). The lowest BCUT2D eigenvalue weighted by Crippen LogP contribution is -2.26. The number of rotatable bonds is 18. The van der Waals surface area contributed by atoms with E-state index >= 15 is 13.2 Å². The van der Waals surface area contributed by atoms with Crippen LogP contribution in [-0.4, -0.2) is 87.1 Å². The van der Waals surface area contributed by atoms with Gasteiger partial charge in [0, 0.05) is 62.6 Å². The largest absolute Gasteiger partial charge is 0.394 e. The van der Waals surface area contributed by atoms with Gasteiger partial charge < -0.3 is 25.7 Å². The van der Waals surface area contributed by atoms with Crippen molar-refractivity contribution in [1.29, 1.82) is 0 Å². The van der Waals surface area contributed by atoms with Crippen molar-refractivity contribution in [3.63, 3.8) is 0 Å². The predicted molar refractivity (Wildman–Crippen MR) is 356 cm³/mol. The number of carbonyl (C=O) groups excluding carboxylic acids is 2. The number of H-pyrrole nitrogens is 1. The Bertz CT molecular complexity index is 4970. The predicted octanol–water partition coefficient (Wildman–Crippen LogP) is 14.4. The minimum Gasteiger partial charge on any atom is -0.394 e. The quantitative estimate of drug-likeness (QED) is 0.0182. The number of aromatic nitrogens is 7. The minimum atomic E-state index is -4.78. The molecule has 0 aliphatic rings. The number of anilines is 5. The third-order valence-electron chi connectivity index (χ3n) is 13.6. The maximum Gasteiger partial charge on any atom is 0.277 e. The number of hydroxylamine groups is 1. The number of hydrogen-bond acceptors (Lipinski definition) is 16. The lowest BCUT2D eigenvalue weighted by molar-refractivity contribution is 0.0169. The first-order chi connectivity index (χ1) is 45.0. The number of nitrogen functional groups attached to an aromatic ring is 1. The van der Waals surface area contributed by atoms with Gasteiger partial charge in [-0.25, -0.2) is 73.6 Å². The molecular formula is C63H53BrCl2F6N12O8S3. The molecule has 8 N–H and O–H groups in total. The molecule has 0 saturated heterocycles. The van der Waals surface area contributed by atoms with Crippen molar-refractivity contribution in [1.82, 2.24) is 40.0 Å². The number of sulfonamides is 2. The SMILES string of the molecule is CC(C)(C)c1nc(-c2cccc(NS(=O)(=O)c3c(F)cccc3F)c2F)c(-c2ccnc(N)n2)s1.CCCS(=O)(=O)Nc1ccc(F)c(C(=O)c2c[nH]c3ncc(-c4ccc(Cl)cc4)cc23)c1F.Cn1cnc2c(F)c(Nc3ccc(Br)cc3Cl)c(C(=O)NOCCO)cc21. The average molecular weight is 1470 g/mol. The van der Waals surface area contributed by atoms with Crippen molar-refractivity contribution in [3.8, 4) is 33.0 Å². The van der Waals surface area contributed by atoms with E-state index in [4.69, 9.17) is 38.9 Å². The molecule has 95 heavy (non-hydrogen) atoms. The fourth-order valence-electron chi connectivity index (χ4n) is 9.15. The number of nitrogens with two attached hydrogens (primary N) is 1. The topological polar surface area (TPSA) is 291 Å². The fraction of sp³-hybridized carbons (Fsp3) is 0.159. The van der Waals surface area contributed by atoms with E-state index in [0.717, 1.165) is 46.4 Å². The summed E-state index contributed by atoms with van der Waals surface area (Å²) in [5.41, 5.74) is 8.99. The van der Waals surface area contributed by atoms with Crippen LogP contribution in [0.2, 0.25) is 10.0 Å². The van der Waals surface area contributed by atoms with Crippen LogP contribution in [0.15, 0.2) is 143 Å². The summed E-state index contributed by atoms with van der Waals surface area (Å²) in [5, 5.41) is 13.6. The van der Waals surface area contributed by atoms with Gasteiger partial charge in [0.25, 0.3) is 15.9 Å². The highest BCUT2D eigenvalue weighted by Gasteiger charge is 2.31. The van der Waals surface area contributed by atoms with E-state index in [9.17, 15) is 39.6 Å². The summed E-state index contributed by atoms with van der Waals surface area (Å²) < 4.78 is 145. The highest BCUT2D eigenvalue weighted by atomic mass is 79.9. The number of imidazole rings is 1. The highest BCUT2D eigenvalue weighted by molar-refractivity contribution is 9.10. The van der Waals surface area contributed by atoms with Crippen molar-refractivity contribution in [2.75, 3.05) is 39.5 Å². The number of pyridine rings is 1. The van der Waals surface area contributed by atoms with E-state index in [1.54, 1.807) is 79.3 Å². The number of ketones is 1. The second-order valence-corrected chi connectivity index (χ2v) is 27.7. The second kappa shape index (κ2) is 29.3. The Kier molecular flexibility index (Phi) is 21.7. The first-order valence-electron chi connectivity index (χ1n) is 28.0. The molecule has 494 valence electrons. The Labute approximate surface area is 561 Å². The molecule has 32 heteroatoms. The molecule has 0 unspecified atom stereocenters. The number of aliphatic hydroxyl groups is 1. The van der Waals surface area contributed by atoms with E-state index in [2.05, 4.69) is 61.4 Å². The first kappa shape index (κ1) is 70.3. The first-order valence-corrected chi connectivity index (χ1v) is 33.5. The molecule has 0 spiro atoms. The Morgan fingerprint density at radius 3 is 2.16 bits per heavy atom. The van der Waals surface area contributed by atoms with Crippen molar-refractivity contribution >= 4 is 133 Å². The molecule has 20 nitrogen and oxygen atoms in total. The van der Waals surface area contributed by atoms with Gasteiger partial charge in [-0.1, -0.05) is 91.1 Å². The number of aromatic amines is 1. The Balaban J connectivity index is 0.000000169. The van der Waals surface area contributed by atoms with Gasteiger partial charge in [-0.15, -0.1) is 11.3 Å². The van der Waals surface area contributed by atoms with Crippen LogP contribution in [0.4, 0.5) is 55.0 Å². The number of thiazole rings is 1. The number of hydrogen-bond donors (Lipinski definition) is 7. The molecule has 0 aliphatic heterocycles. The summed E-state index contributed by atoms with van der Waals surface area (Å²) >= 11 is 16.7. The summed E-state index contributed by atoms with van der Waals surface area (Å²) in [6.07, 6.45) is 6.14. The van der Waals surface area contributed by atoms with Crippen LogP contribution in [0, 0.1) is 34.9 Å². The summed E-state index contributed by atoms with van der Waals surface area (Å²) in [6.45, 7) is 7.11. The maximum atomic E-state index is 15.7. The molecule has 6 aromatic carbocycles. The van der Waals surface area contributed by atoms with Crippen LogP contribution in [-0.2, 0) is 37.3 Å². The normalized spacial score (nSPS) is 11.6. The van der Waals surface area contributed by atoms with Crippen LogP contribution >= 0.6 is 50.5 Å². The zero-order valence-corrected chi connectivity index (χ0v) is 55.8. The van der Waals surface area contributed by atoms with Crippen molar-refractivity contribution in [3.05, 3.63) is 205 Å². The lowest BCUT2D eigenvalue weighted by Gasteiger charge is -2.15. The molecule has 0 radical (unpaired) electrons. The van der Waals surface area contributed by atoms with Crippen molar-refractivity contribution in [2.24, 2.45) is 7.05 Å². The van der Waals surface area contributed by atoms with Crippen molar-refractivity contribution in [2.45, 2.75) is 44.4 Å². The molecule has 5 heterocycles. The third kappa shape index (κ3) is 16.0. The molecule has 0 fully saturated rings. The Morgan fingerprint density at radius 1 is 0.789 bits per heavy atom. The Morgan fingerprint density at radius 2 is 1.48 bits per heavy atom. The van der Waals surface area contributed by atoms with Gasteiger partial charge in [0.15, 0.2) is 22.3 Å². The van der Waals surface area contributed by atoms with E-state index in [0.29, 0.717) is 59.8 Å². The number of nitrogens with one attached hydrogen (secondary N) is 5. The fourth-order valence-corrected chi connectivity index (χ4v) is 13.4. The number of fused-ring (bicyclic) bond motifs is 2. The number of aliphatic hydroxyl groups excluding tert-OH is 1. The smallest absolute Gasteiger partial charge is 0.277 e. The number of aryl methyl sites for hydroxylation is 1. The molecular weight excluding hydrogens is 1410 g/mol. The minimum absolute atomic E-state index is 0.000297. The zero-order valence-electron chi connectivity index (χ0n) is 50.2. The van der Waals surface area contributed by atoms with Gasteiger partial charge in [-0.05, 0) is 96.9 Å². The number of nitrogens with zero attached hydrogens (tertiary/aromatic N) is 6. The van der Waals surface area contributed by atoms with Crippen molar-refractivity contribution < 1.29 is 62.7 Å². The van der Waals surface area contributed by atoms with E-state index in [1.165, 1.54) is 48.3 Å². The van der Waals surface area contributed by atoms with E-state index < -0.39 is 88.5 Å². The summed E-state index contributed by atoms with van der Waals surface area (Å²) in [5.74, 6) is -8.49. The van der Waals surface area contributed by atoms with Gasteiger partial charge in [0.05, 0.1) is 91.0 Å². The summed E-state index contributed by atoms with van der Waals surface area (Å²) in [6, 6.07) is 25.2. The number of carbonyl (C=O) groups is 2. The van der Waals surface area contributed by atoms with Gasteiger partial charge >= 0.3 is 0 Å². The van der Waals surface area contributed by atoms with Gasteiger partial charge in [0.1, 0.15) is 28.6 Å². The third-order valence-corrected chi connectivity index (χ3v) is 19.1.